The molecular weight excluding hydrogens is 325 g/mol. The Hall–Kier alpha value is -2.90. The highest BCUT2D eigenvalue weighted by Crippen LogP contribution is 2.10. The van der Waals surface area contributed by atoms with Gasteiger partial charge in [-0.2, -0.15) is 4.98 Å². The summed E-state index contributed by atoms with van der Waals surface area (Å²) in [4.78, 5) is 20.3. The maximum Gasteiger partial charge on any atom is 0.258 e. The number of aromatic nitrogens is 2. The van der Waals surface area contributed by atoms with Gasteiger partial charge in [0.15, 0.2) is 6.61 Å². The smallest absolute Gasteiger partial charge is 0.258 e. The second-order valence-electron chi connectivity index (χ2n) is 5.27. The van der Waals surface area contributed by atoms with Gasteiger partial charge in [0.1, 0.15) is 17.4 Å². The average Bonchev–Trinajstić information content (AvgIpc) is 2.58. The van der Waals surface area contributed by atoms with Gasteiger partial charge in [-0.3, -0.25) is 4.79 Å². The minimum atomic E-state index is -0.347. The zero-order valence-electron chi connectivity index (χ0n) is 14.3. The molecule has 0 aliphatic rings. The molecule has 7 nitrogen and oxygen atoms in total. The van der Waals surface area contributed by atoms with E-state index in [4.69, 9.17) is 4.74 Å². The van der Waals surface area contributed by atoms with Crippen LogP contribution in [0.15, 0.2) is 30.3 Å². The molecule has 8 heteroatoms. The zero-order chi connectivity index (χ0) is 18.1. The Balaban J connectivity index is 1.68. The van der Waals surface area contributed by atoms with Gasteiger partial charge in [-0.25, -0.2) is 9.37 Å². The van der Waals surface area contributed by atoms with Gasteiger partial charge in [-0.05, 0) is 38.1 Å². The number of hydrogen-bond acceptors (Lipinski definition) is 6. The van der Waals surface area contributed by atoms with Crippen molar-refractivity contribution in [2.24, 2.45) is 0 Å². The summed E-state index contributed by atoms with van der Waals surface area (Å²) in [6.07, 6.45) is 0. The number of nitrogens with zero attached hydrogens (tertiary/aromatic N) is 2. The first kappa shape index (κ1) is 18.4. The first-order chi connectivity index (χ1) is 12.1. The predicted octanol–water partition coefficient (Wildman–Crippen LogP) is 1.96. The van der Waals surface area contributed by atoms with Crippen molar-refractivity contribution in [2.75, 3.05) is 36.9 Å². The van der Waals surface area contributed by atoms with Crippen molar-refractivity contribution < 1.29 is 13.9 Å². The molecule has 0 spiro atoms. The molecule has 2 rings (SSSR count). The summed E-state index contributed by atoms with van der Waals surface area (Å²) >= 11 is 0. The summed E-state index contributed by atoms with van der Waals surface area (Å²) < 4.78 is 18.0. The van der Waals surface area contributed by atoms with E-state index < -0.39 is 0 Å². The summed E-state index contributed by atoms with van der Waals surface area (Å²) in [6.45, 7) is 5.43. The average molecular weight is 347 g/mol. The normalized spacial score (nSPS) is 10.2. The molecule has 3 N–H and O–H groups in total. The number of ether oxygens (including phenoxy) is 1. The predicted molar refractivity (Wildman–Crippen MR) is 94.3 cm³/mol. The third-order valence-corrected chi connectivity index (χ3v) is 3.13. The van der Waals surface area contributed by atoms with Gasteiger partial charge in [-0.1, -0.05) is 0 Å². The lowest BCUT2D eigenvalue weighted by Gasteiger charge is -2.10. The Morgan fingerprint density at radius 3 is 2.64 bits per heavy atom. The maximum atomic E-state index is 12.8. The SMILES string of the molecule is CCNc1nc(C)cc(NCCNC(=O)COc2ccc(F)cc2)n1. The van der Waals surface area contributed by atoms with E-state index >= 15 is 0 Å². The van der Waals surface area contributed by atoms with Gasteiger partial charge < -0.3 is 20.7 Å². The van der Waals surface area contributed by atoms with E-state index in [2.05, 4.69) is 25.9 Å². The van der Waals surface area contributed by atoms with E-state index in [-0.39, 0.29) is 18.3 Å². The first-order valence-electron chi connectivity index (χ1n) is 8.05. The van der Waals surface area contributed by atoms with E-state index in [0.29, 0.717) is 30.6 Å². The fraction of sp³-hybridized carbons (Fsp3) is 0.353. The third kappa shape index (κ3) is 6.62. The fourth-order valence-electron chi connectivity index (χ4n) is 2.02. The van der Waals surface area contributed by atoms with Gasteiger partial charge in [0.25, 0.3) is 5.91 Å². The van der Waals surface area contributed by atoms with Crippen LogP contribution in [0.25, 0.3) is 0 Å². The van der Waals surface area contributed by atoms with Crippen LogP contribution in [0, 0.1) is 12.7 Å². The van der Waals surface area contributed by atoms with Gasteiger partial charge >= 0.3 is 0 Å². The third-order valence-electron chi connectivity index (χ3n) is 3.13. The highest BCUT2D eigenvalue weighted by Gasteiger charge is 2.04. The number of rotatable bonds is 9. The Morgan fingerprint density at radius 1 is 1.16 bits per heavy atom. The molecule has 2 aromatic rings. The molecule has 0 bridgehead atoms. The number of hydrogen-bond donors (Lipinski definition) is 3. The lowest BCUT2D eigenvalue weighted by atomic mass is 10.3. The quantitative estimate of drug-likeness (QED) is 0.601. The zero-order valence-corrected chi connectivity index (χ0v) is 14.3. The molecular formula is C17H22FN5O2. The second kappa shape index (κ2) is 9.41. The Bertz CT molecular complexity index is 694. The van der Waals surface area contributed by atoms with E-state index in [0.717, 1.165) is 12.2 Å². The van der Waals surface area contributed by atoms with Gasteiger partial charge in [0.05, 0.1) is 0 Å². The number of benzene rings is 1. The molecule has 0 aliphatic carbocycles. The van der Waals surface area contributed by atoms with Gasteiger partial charge in [0.2, 0.25) is 5.95 Å². The van der Waals surface area contributed by atoms with E-state index in [1.807, 2.05) is 19.9 Å². The monoisotopic (exact) mass is 347 g/mol. The molecule has 1 heterocycles. The van der Waals surface area contributed by atoms with Crippen LogP contribution >= 0.6 is 0 Å². The number of anilines is 2. The van der Waals surface area contributed by atoms with Crippen molar-refractivity contribution in [3.05, 3.63) is 41.8 Å². The van der Waals surface area contributed by atoms with Crippen molar-refractivity contribution >= 4 is 17.7 Å². The Labute approximate surface area is 146 Å². The molecule has 0 fully saturated rings. The lowest BCUT2D eigenvalue weighted by Crippen LogP contribution is -2.32. The van der Waals surface area contributed by atoms with E-state index in [9.17, 15) is 9.18 Å². The van der Waals surface area contributed by atoms with Crippen molar-refractivity contribution in [3.8, 4) is 5.75 Å². The Kier molecular flexibility index (Phi) is 6.94. The van der Waals surface area contributed by atoms with Crippen LogP contribution in [0.1, 0.15) is 12.6 Å². The van der Waals surface area contributed by atoms with Crippen LogP contribution in [0.5, 0.6) is 5.75 Å². The van der Waals surface area contributed by atoms with Crippen LogP contribution in [0.3, 0.4) is 0 Å². The van der Waals surface area contributed by atoms with Crippen molar-refractivity contribution in [1.82, 2.24) is 15.3 Å². The molecule has 1 amide bonds. The molecule has 0 unspecified atom stereocenters. The van der Waals surface area contributed by atoms with Crippen LogP contribution in [-0.4, -0.2) is 42.1 Å². The summed E-state index contributed by atoms with van der Waals surface area (Å²) in [6, 6.07) is 7.35. The highest BCUT2D eigenvalue weighted by atomic mass is 19.1. The number of nitrogens with one attached hydrogen (secondary N) is 3. The minimum absolute atomic E-state index is 0.122. The van der Waals surface area contributed by atoms with Crippen molar-refractivity contribution in [3.63, 3.8) is 0 Å². The largest absolute Gasteiger partial charge is 0.484 e. The Morgan fingerprint density at radius 2 is 1.92 bits per heavy atom. The molecule has 134 valence electrons. The highest BCUT2D eigenvalue weighted by molar-refractivity contribution is 5.77. The topological polar surface area (TPSA) is 88.2 Å². The van der Waals surface area contributed by atoms with Crippen LogP contribution in [-0.2, 0) is 4.79 Å². The number of amides is 1. The first-order valence-corrected chi connectivity index (χ1v) is 8.05. The maximum absolute atomic E-state index is 12.8. The number of halogens is 1. The van der Waals surface area contributed by atoms with E-state index in [1.54, 1.807) is 0 Å². The molecule has 0 saturated heterocycles. The van der Waals surface area contributed by atoms with Gasteiger partial charge in [0, 0.05) is 31.4 Å². The summed E-state index contributed by atoms with van der Waals surface area (Å²) in [5, 5.41) is 8.92. The van der Waals surface area contributed by atoms with E-state index in [1.165, 1.54) is 24.3 Å². The standard InChI is InChI=1S/C17H22FN5O2/c1-3-19-17-22-12(2)10-15(23-17)20-8-9-21-16(24)11-25-14-6-4-13(18)5-7-14/h4-7,10H,3,8-9,11H2,1-2H3,(H,21,24)(H2,19,20,22,23). The molecule has 0 aliphatic heterocycles. The van der Waals surface area contributed by atoms with Crippen molar-refractivity contribution in [2.45, 2.75) is 13.8 Å². The number of carbonyl (C=O) groups excluding carboxylic acids is 1. The van der Waals surface area contributed by atoms with Gasteiger partial charge in [-0.15, -0.1) is 0 Å². The minimum Gasteiger partial charge on any atom is -0.484 e. The molecule has 1 aromatic carbocycles. The number of aryl methyl sites for hydroxylation is 1. The van der Waals surface area contributed by atoms with Crippen molar-refractivity contribution in [1.29, 1.82) is 0 Å². The van der Waals surface area contributed by atoms with Crippen LogP contribution in [0.2, 0.25) is 0 Å². The molecule has 0 saturated carbocycles. The van der Waals surface area contributed by atoms with Crippen LogP contribution < -0.4 is 20.7 Å². The summed E-state index contributed by atoms with van der Waals surface area (Å²) in [5.41, 5.74) is 0.852. The lowest BCUT2D eigenvalue weighted by molar-refractivity contribution is -0.123. The fourth-order valence-corrected chi connectivity index (χ4v) is 2.02. The molecule has 25 heavy (non-hydrogen) atoms. The molecule has 0 radical (unpaired) electrons. The molecule has 0 atom stereocenters. The van der Waals surface area contributed by atoms with Crippen LogP contribution in [0.4, 0.5) is 16.2 Å². The molecule has 1 aromatic heterocycles. The summed E-state index contributed by atoms with van der Waals surface area (Å²) in [5.74, 6) is 1.11. The number of carbonyl (C=O) groups is 1. The second-order valence-corrected chi connectivity index (χ2v) is 5.27. The summed E-state index contributed by atoms with van der Waals surface area (Å²) in [7, 11) is 0.